The summed E-state index contributed by atoms with van der Waals surface area (Å²) in [6.45, 7) is 1.64. The van der Waals surface area contributed by atoms with Crippen molar-refractivity contribution in [2.24, 2.45) is 5.92 Å². The fraction of sp³-hybridized carbons (Fsp3) is 0.462. The van der Waals surface area contributed by atoms with Crippen LogP contribution in [0.2, 0.25) is 0 Å². The van der Waals surface area contributed by atoms with Gasteiger partial charge in [-0.1, -0.05) is 12.1 Å². The molecule has 1 amide bonds. The van der Waals surface area contributed by atoms with Crippen molar-refractivity contribution in [1.82, 2.24) is 10.6 Å². The molecule has 1 heterocycles. The van der Waals surface area contributed by atoms with Crippen LogP contribution in [0.4, 0.5) is 4.39 Å². The summed E-state index contributed by atoms with van der Waals surface area (Å²) in [6, 6.07) is 5.76. The second-order valence-corrected chi connectivity index (χ2v) is 4.51. The zero-order chi connectivity index (χ0) is 13.0. The molecule has 1 aliphatic heterocycles. The normalized spacial score (nSPS) is 20.7. The lowest BCUT2D eigenvalue weighted by Crippen LogP contribution is -2.34. The maximum atomic E-state index is 13.0. The quantitative estimate of drug-likeness (QED) is 0.735. The fourth-order valence-electron chi connectivity index (χ4n) is 2.05. The van der Waals surface area contributed by atoms with Gasteiger partial charge in [0.15, 0.2) is 0 Å². The Morgan fingerprint density at radius 2 is 2.44 bits per heavy atom. The number of nitrogens with one attached hydrogen (secondary N) is 2. The number of amides is 1. The summed E-state index contributed by atoms with van der Waals surface area (Å²) in [5, 5.41) is 15.6. The molecule has 3 N–H and O–H groups in total. The number of aliphatic hydroxyl groups excluding tert-OH is 1. The third-order valence-corrected chi connectivity index (χ3v) is 3.13. The molecule has 4 nitrogen and oxygen atoms in total. The van der Waals surface area contributed by atoms with Crippen LogP contribution in [0, 0.1) is 11.7 Å². The van der Waals surface area contributed by atoms with E-state index >= 15 is 0 Å². The van der Waals surface area contributed by atoms with Crippen LogP contribution < -0.4 is 10.6 Å². The van der Waals surface area contributed by atoms with Gasteiger partial charge >= 0.3 is 0 Å². The summed E-state index contributed by atoms with van der Waals surface area (Å²) in [4.78, 5) is 11.7. The number of rotatable bonds is 4. The number of benzene rings is 1. The van der Waals surface area contributed by atoms with Gasteiger partial charge in [-0.2, -0.15) is 0 Å². The molecule has 2 atom stereocenters. The van der Waals surface area contributed by atoms with Crippen LogP contribution in [0.5, 0.6) is 0 Å². The molecule has 18 heavy (non-hydrogen) atoms. The van der Waals surface area contributed by atoms with Crippen molar-refractivity contribution in [1.29, 1.82) is 0 Å². The van der Waals surface area contributed by atoms with E-state index in [1.54, 1.807) is 6.07 Å². The van der Waals surface area contributed by atoms with E-state index in [2.05, 4.69) is 10.6 Å². The lowest BCUT2D eigenvalue weighted by Gasteiger charge is -2.14. The van der Waals surface area contributed by atoms with Crippen LogP contribution in [0.15, 0.2) is 24.3 Å². The van der Waals surface area contributed by atoms with E-state index < -0.39 is 11.9 Å². The Morgan fingerprint density at radius 3 is 3.11 bits per heavy atom. The lowest BCUT2D eigenvalue weighted by molar-refractivity contribution is -0.124. The first kappa shape index (κ1) is 13.0. The van der Waals surface area contributed by atoms with Gasteiger partial charge in [-0.05, 0) is 30.7 Å². The first-order valence-corrected chi connectivity index (χ1v) is 6.09. The Labute approximate surface area is 105 Å². The smallest absolute Gasteiger partial charge is 0.224 e. The maximum Gasteiger partial charge on any atom is 0.224 e. The highest BCUT2D eigenvalue weighted by Crippen LogP contribution is 2.14. The van der Waals surface area contributed by atoms with Gasteiger partial charge in [0.25, 0.3) is 0 Å². The predicted molar refractivity (Wildman–Crippen MR) is 65.3 cm³/mol. The number of carbonyl (C=O) groups is 1. The molecule has 0 aromatic heterocycles. The Kier molecular flexibility index (Phi) is 4.28. The molecule has 2 unspecified atom stereocenters. The molecule has 1 fully saturated rings. The van der Waals surface area contributed by atoms with Gasteiger partial charge < -0.3 is 15.7 Å². The standard InChI is InChI=1S/C13H17FN2O2/c14-11-3-1-2-9(6-11)12(17)8-16-13(18)10-4-5-15-7-10/h1-3,6,10,12,15,17H,4-5,7-8H2,(H,16,18). The number of aliphatic hydroxyl groups is 1. The average molecular weight is 252 g/mol. The van der Waals surface area contributed by atoms with Crippen LogP contribution in [-0.4, -0.2) is 30.6 Å². The highest BCUT2D eigenvalue weighted by molar-refractivity contribution is 5.79. The molecule has 1 aromatic carbocycles. The summed E-state index contributed by atoms with van der Waals surface area (Å²) in [7, 11) is 0. The van der Waals surface area contributed by atoms with Gasteiger partial charge in [0.1, 0.15) is 5.82 Å². The minimum absolute atomic E-state index is 0.0234. The van der Waals surface area contributed by atoms with Crippen molar-refractivity contribution in [3.63, 3.8) is 0 Å². The fourth-order valence-corrected chi connectivity index (χ4v) is 2.05. The Bertz CT molecular complexity index is 419. The molecule has 98 valence electrons. The molecule has 0 spiro atoms. The minimum Gasteiger partial charge on any atom is -0.387 e. The van der Waals surface area contributed by atoms with Crippen molar-refractivity contribution in [2.75, 3.05) is 19.6 Å². The Morgan fingerprint density at radius 1 is 1.61 bits per heavy atom. The van der Waals surface area contributed by atoms with E-state index in [9.17, 15) is 14.3 Å². The molecule has 0 bridgehead atoms. The van der Waals surface area contributed by atoms with Crippen molar-refractivity contribution >= 4 is 5.91 Å². The Hall–Kier alpha value is -1.46. The largest absolute Gasteiger partial charge is 0.387 e. The molecule has 5 heteroatoms. The van der Waals surface area contributed by atoms with Crippen molar-refractivity contribution in [3.05, 3.63) is 35.6 Å². The van der Waals surface area contributed by atoms with Crippen molar-refractivity contribution < 1.29 is 14.3 Å². The summed E-state index contributed by atoms with van der Waals surface area (Å²) in [6.07, 6.45) is -0.0546. The van der Waals surface area contributed by atoms with E-state index in [4.69, 9.17) is 0 Å². The number of hydrogen-bond donors (Lipinski definition) is 3. The van der Waals surface area contributed by atoms with E-state index in [-0.39, 0.29) is 18.4 Å². The summed E-state index contributed by atoms with van der Waals surface area (Å²) in [5.74, 6) is -0.474. The van der Waals surface area contributed by atoms with Crippen molar-refractivity contribution in [2.45, 2.75) is 12.5 Å². The van der Waals surface area contributed by atoms with Gasteiger partial charge in [0.05, 0.1) is 12.0 Å². The topological polar surface area (TPSA) is 61.4 Å². The second-order valence-electron chi connectivity index (χ2n) is 4.51. The monoisotopic (exact) mass is 252 g/mol. The van der Waals surface area contributed by atoms with Gasteiger partial charge in [-0.3, -0.25) is 4.79 Å². The first-order valence-electron chi connectivity index (χ1n) is 6.09. The molecule has 0 saturated carbocycles. The zero-order valence-corrected chi connectivity index (χ0v) is 10.0. The molecule has 0 radical (unpaired) electrons. The average Bonchev–Trinajstić information content (AvgIpc) is 2.89. The number of carbonyl (C=O) groups excluding carboxylic acids is 1. The second kappa shape index (κ2) is 5.93. The molecule has 1 aliphatic rings. The highest BCUT2D eigenvalue weighted by Gasteiger charge is 2.22. The molecule has 1 saturated heterocycles. The zero-order valence-electron chi connectivity index (χ0n) is 10.0. The van der Waals surface area contributed by atoms with E-state index in [1.807, 2.05) is 0 Å². The number of hydrogen-bond acceptors (Lipinski definition) is 3. The van der Waals surface area contributed by atoms with Crippen LogP contribution in [0.3, 0.4) is 0 Å². The third kappa shape index (κ3) is 3.27. The van der Waals surface area contributed by atoms with Crippen molar-refractivity contribution in [3.8, 4) is 0 Å². The maximum absolute atomic E-state index is 13.0. The molecule has 1 aromatic rings. The predicted octanol–water partition coefficient (Wildman–Crippen LogP) is 0.585. The van der Waals surface area contributed by atoms with Gasteiger partial charge in [-0.25, -0.2) is 4.39 Å². The van der Waals surface area contributed by atoms with Gasteiger partial charge in [0.2, 0.25) is 5.91 Å². The SMILES string of the molecule is O=C(NCC(O)c1cccc(F)c1)C1CCNC1. The highest BCUT2D eigenvalue weighted by atomic mass is 19.1. The minimum atomic E-state index is -0.876. The third-order valence-electron chi connectivity index (χ3n) is 3.13. The van der Waals surface area contributed by atoms with Crippen LogP contribution >= 0.6 is 0 Å². The lowest BCUT2D eigenvalue weighted by atomic mass is 10.1. The molecular weight excluding hydrogens is 235 g/mol. The summed E-state index contributed by atoms with van der Waals surface area (Å²) >= 11 is 0. The van der Waals surface area contributed by atoms with Crippen LogP contribution in [0.25, 0.3) is 0 Å². The molecular formula is C13H17FN2O2. The van der Waals surface area contributed by atoms with Gasteiger partial charge in [0, 0.05) is 13.1 Å². The molecule has 2 rings (SSSR count). The first-order chi connectivity index (χ1) is 8.66. The van der Waals surface area contributed by atoms with E-state index in [1.165, 1.54) is 18.2 Å². The van der Waals surface area contributed by atoms with Crippen LogP contribution in [-0.2, 0) is 4.79 Å². The summed E-state index contributed by atoms with van der Waals surface area (Å²) < 4.78 is 13.0. The summed E-state index contributed by atoms with van der Waals surface area (Å²) in [5.41, 5.74) is 0.472. The van der Waals surface area contributed by atoms with Crippen LogP contribution in [0.1, 0.15) is 18.1 Å². The van der Waals surface area contributed by atoms with E-state index in [0.29, 0.717) is 12.1 Å². The number of halogens is 1. The van der Waals surface area contributed by atoms with Gasteiger partial charge in [-0.15, -0.1) is 0 Å². The Balaban J connectivity index is 1.84. The van der Waals surface area contributed by atoms with E-state index in [0.717, 1.165) is 13.0 Å². The molecule has 0 aliphatic carbocycles.